The monoisotopic (exact) mass is 375 g/mol. The Bertz CT molecular complexity index is 440. The molecule has 3 heteroatoms. The average Bonchev–Trinajstić information content (AvgIpc) is 2.68. The first kappa shape index (κ1) is 24.1. The number of benzene rings is 1. The fourth-order valence-electron chi connectivity index (χ4n) is 4.39. The minimum atomic E-state index is 0.609. The molecule has 0 fully saturated rings. The minimum absolute atomic E-state index is 0.609. The molecule has 1 rings (SSSR count). The van der Waals surface area contributed by atoms with Crippen molar-refractivity contribution >= 4 is 0 Å². The lowest BCUT2D eigenvalue weighted by atomic mass is 9.81. The van der Waals surface area contributed by atoms with Crippen molar-refractivity contribution in [2.75, 3.05) is 0 Å². The molecular formula is C24H45N3. The summed E-state index contributed by atoms with van der Waals surface area (Å²) in [5.41, 5.74) is 27.4. The molecule has 0 saturated heterocycles. The molecule has 0 aliphatic carbocycles. The predicted molar refractivity (Wildman–Crippen MR) is 120 cm³/mol. The van der Waals surface area contributed by atoms with Crippen LogP contribution >= 0.6 is 0 Å². The molecule has 6 N–H and O–H groups in total. The maximum atomic E-state index is 6.30. The van der Waals surface area contributed by atoms with Crippen molar-refractivity contribution in [3.05, 3.63) is 33.4 Å². The molecule has 156 valence electrons. The van der Waals surface area contributed by atoms with Crippen LogP contribution in [0.5, 0.6) is 0 Å². The summed E-state index contributed by atoms with van der Waals surface area (Å²) in [7, 11) is 0. The van der Waals surface area contributed by atoms with Crippen LogP contribution < -0.4 is 17.2 Å². The quantitative estimate of drug-likeness (QED) is 0.366. The highest BCUT2D eigenvalue weighted by molar-refractivity contribution is 5.52. The van der Waals surface area contributed by atoms with Gasteiger partial charge in [0.05, 0.1) is 0 Å². The summed E-state index contributed by atoms with van der Waals surface area (Å²) < 4.78 is 0. The van der Waals surface area contributed by atoms with Gasteiger partial charge in [0, 0.05) is 19.6 Å². The van der Waals surface area contributed by atoms with Gasteiger partial charge >= 0.3 is 0 Å². The number of hydrogen-bond acceptors (Lipinski definition) is 3. The molecule has 0 aliphatic heterocycles. The van der Waals surface area contributed by atoms with Gasteiger partial charge in [0.15, 0.2) is 0 Å². The Balaban J connectivity index is 3.45. The lowest BCUT2D eigenvalue weighted by molar-refractivity contribution is 0.676. The summed E-state index contributed by atoms with van der Waals surface area (Å²) >= 11 is 0. The van der Waals surface area contributed by atoms with Crippen LogP contribution in [0.4, 0.5) is 0 Å². The van der Waals surface area contributed by atoms with E-state index in [1.807, 2.05) is 0 Å². The fraction of sp³-hybridized carbons (Fsp3) is 0.750. The van der Waals surface area contributed by atoms with Crippen molar-refractivity contribution in [2.45, 2.75) is 117 Å². The van der Waals surface area contributed by atoms with E-state index >= 15 is 0 Å². The summed E-state index contributed by atoms with van der Waals surface area (Å²) in [5, 5.41) is 0. The second kappa shape index (κ2) is 14.1. The number of unbranched alkanes of at least 4 members (excludes halogenated alkanes) is 6. The summed E-state index contributed by atoms with van der Waals surface area (Å²) in [4.78, 5) is 0. The second-order valence-electron chi connectivity index (χ2n) is 7.86. The zero-order valence-corrected chi connectivity index (χ0v) is 18.3. The van der Waals surface area contributed by atoms with E-state index in [0.29, 0.717) is 19.6 Å². The Morgan fingerprint density at radius 1 is 0.407 bits per heavy atom. The predicted octanol–water partition coefficient (Wildman–Crippen LogP) is 5.26. The third-order valence-electron chi connectivity index (χ3n) is 5.89. The van der Waals surface area contributed by atoms with E-state index < -0.39 is 0 Å². The second-order valence-corrected chi connectivity index (χ2v) is 7.86. The molecule has 0 amide bonds. The van der Waals surface area contributed by atoms with Gasteiger partial charge < -0.3 is 17.2 Å². The van der Waals surface area contributed by atoms with Gasteiger partial charge in [0.2, 0.25) is 0 Å². The van der Waals surface area contributed by atoms with Gasteiger partial charge in [-0.05, 0) is 71.9 Å². The van der Waals surface area contributed by atoms with Crippen LogP contribution in [0.1, 0.15) is 112 Å². The van der Waals surface area contributed by atoms with Gasteiger partial charge in [0.1, 0.15) is 0 Å². The molecule has 0 unspecified atom stereocenters. The molecule has 27 heavy (non-hydrogen) atoms. The molecule has 1 aromatic carbocycles. The Labute approximate surface area is 168 Å². The Hall–Kier alpha value is -0.900. The summed E-state index contributed by atoms with van der Waals surface area (Å²) in [6, 6.07) is 0. The van der Waals surface area contributed by atoms with E-state index in [4.69, 9.17) is 17.2 Å². The topological polar surface area (TPSA) is 78.1 Å². The Morgan fingerprint density at radius 3 is 0.852 bits per heavy atom. The van der Waals surface area contributed by atoms with Gasteiger partial charge in [-0.3, -0.25) is 0 Å². The Morgan fingerprint density at radius 2 is 0.667 bits per heavy atom. The van der Waals surface area contributed by atoms with Crippen LogP contribution in [0.2, 0.25) is 0 Å². The Kier molecular flexibility index (Phi) is 12.6. The number of rotatable bonds is 15. The fourth-order valence-corrected chi connectivity index (χ4v) is 4.39. The van der Waals surface area contributed by atoms with Crippen molar-refractivity contribution < 1.29 is 0 Å². The highest BCUT2D eigenvalue weighted by Crippen LogP contribution is 2.32. The van der Waals surface area contributed by atoms with Crippen LogP contribution in [0.3, 0.4) is 0 Å². The van der Waals surface area contributed by atoms with Crippen molar-refractivity contribution in [3.8, 4) is 0 Å². The summed E-state index contributed by atoms with van der Waals surface area (Å²) in [6.07, 6.45) is 14.5. The molecule has 0 aromatic heterocycles. The van der Waals surface area contributed by atoms with Crippen LogP contribution in [0.15, 0.2) is 0 Å². The highest BCUT2D eigenvalue weighted by atomic mass is 14.6. The summed E-state index contributed by atoms with van der Waals surface area (Å²) in [5.74, 6) is 0. The van der Waals surface area contributed by atoms with Crippen LogP contribution in [-0.2, 0) is 38.9 Å². The molecular weight excluding hydrogens is 330 g/mol. The van der Waals surface area contributed by atoms with Crippen LogP contribution in [0.25, 0.3) is 0 Å². The van der Waals surface area contributed by atoms with E-state index in [0.717, 1.165) is 19.3 Å². The lowest BCUT2D eigenvalue weighted by Gasteiger charge is -2.26. The maximum Gasteiger partial charge on any atom is 0.0183 e. The van der Waals surface area contributed by atoms with Crippen molar-refractivity contribution in [1.82, 2.24) is 0 Å². The molecule has 0 spiro atoms. The normalized spacial score (nSPS) is 11.3. The van der Waals surface area contributed by atoms with Crippen molar-refractivity contribution in [3.63, 3.8) is 0 Å². The maximum absolute atomic E-state index is 6.30. The first-order valence-electron chi connectivity index (χ1n) is 11.5. The van der Waals surface area contributed by atoms with Gasteiger partial charge in [0.25, 0.3) is 0 Å². The first-order valence-corrected chi connectivity index (χ1v) is 11.5. The van der Waals surface area contributed by atoms with Crippen LogP contribution in [-0.4, -0.2) is 0 Å². The molecule has 0 aliphatic rings. The van der Waals surface area contributed by atoms with E-state index in [2.05, 4.69) is 20.8 Å². The standard InChI is InChI=1S/C24H45N3/c1-4-7-10-13-19-22(16-25)20(14-11-8-5-2)24(18-27)21(23(19)17-26)15-12-9-6-3/h4-18,25-27H2,1-3H3. The molecule has 0 radical (unpaired) electrons. The molecule has 3 nitrogen and oxygen atoms in total. The molecule has 0 heterocycles. The SMILES string of the molecule is CCCCCc1c(CN)c(CCCCC)c(CN)c(CCCCC)c1CN. The summed E-state index contributed by atoms with van der Waals surface area (Å²) in [6.45, 7) is 8.61. The lowest BCUT2D eigenvalue weighted by Crippen LogP contribution is -2.20. The zero-order valence-electron chi connectivity index (χ0n) is 18.3. The number of nitrogens with two attached hydrogens (primary N) is 3. The third-order valence-corrected chi connectivity index (χ3v) is 5.89. The minimum Gasteiger partial charge on any atom is -0.326 e. The van der Waals surface area contributed by atoms with Gasteiger partial charge in [-0.1, -0.05) is 59.3 Å². The average molecular weight is 376 g/mol. The van der Waals surface area contributed by atoms with E-state index in [1.165, 1.54) is 91.2 Å². The zero-order chi connectivity index (χ0) is 20.1. The van der Waals surface area contributed by atoms with E-state index in [1.54, 1.807) is 0 Å². The molecule has 0 saturated carbocycles. The third kappa shape index (κ3) is 6.89. The van der Waals surface area contributed by atoms with Crippen molar-refractivity contribution in [1.29, 1.82) is 0 Å². The van der Waals surface area contributed by atoms with Gasteiger partial charge in [-0.25, -0.2) is 0 Å². The van der Waals surface area contributed by atoms with Gasteiger partial charge in [-0.15, -0.1) is 0 Å². The smallest absolute Gasteiger partial charge is 0.0183 e. The highest BCUT2D eigenvalue weighted by Gasteiger charge is 2.21. The largest absolute Gasteiger partial charge is 0.326 e. The molecule has 1 aromatic rings. The van der Waals surface area contributed by atoms with E-state index in [-0.39, 0.29) is 0 Å². The van der Waals surface area contributed by atoms with E-state index in [9.17, 15) is 0 Å². The molecule has 0 bridgehead atoms. The van der Waals surface area contributed by atoms with Gasteiger partial charge in [-0.2, -0.15) is 0 Å². The number of hydrogen-bond donors (Lipinski definition) is 3. The van der Waals surface area contributed by atoms with Crippen LogP contribution in [0, 0.1) is 0 Å². The first-order chi connectivity index (χ1) is 13.2. The molecule has 0 atom stereocenters. The van der Waals surface area contributed by atoms with Crippen molar-refractivity contribution in [2.24, 2.45) is 17.2 Å².